The van der Waals surface area contributed by atoms with Gasteiger partial charge in [-0.3, -0.25) is 4.99 Å². The van der Waals surface area contributed by atoms with E-state index in [1.165, 1.54) is 6.07 Å². The van der Waals surface area contributed by atoms with Crippen molar-refractivity contribution in [2.45, 2.75) is 24.8 Å². The van der Waals surface area contributed by atoms with E-state index in [0.717, 1.165) is 18.7 Å². The van der Waals surface area contributed by atoms with E-state index >= 15 is 0 Å². The second-order valence-corrected chi connectivity index (χ2v) is 7.14. The molecule has 0 aliphatic carbocycles. The molecule has 0 saturated carbocycles. The van der Waals surface area contributed by atoms with Gasteiger partial charge in [0.1, 0.15) is 0 Å². The third-order valence-electron chi connectivity index (χ3n) is 3.22. The van der Waals surface area contributed by atoms with Gasteiger partial charge in [-0.2, -0.15) is 24.9 Å². The molecule has 1 aromatic rings. The van der Waals surface area contributed by atoms with Gasteiger partial charge in [0.25, 0.3) is 0 Å². The highest BCUT2D eigenvalue weighted by Crippen LogP contribution is 2.29. The molecule has 0 aromatic heterocycles. The highest BCUT2D eigenvalue weighted by molar-refractivity contribution is 14.0. The summed E-state index contributed by atoms with van der Waals surface area (Å²) in [4.78, 5) is 4.09. The van der Waals surface area contributed by atoms with Crippen LogP contribution in [0.3, 0.4) is 0 Å². The average molecular weight is 485 g/mol. The van der Waals surface area contributed by atoms with Crippen molar-refractivity contribution in [3.8, 4) is 11.8 Å². The largest absolute Gasteiger partial charge is 0.416 e. The molecular weight excluding hydrogens is 462 g/mol. The van der Waals surface area contributed by atoms with Gasteiger partial charge in [-0.1, -0.05) is 17.9 Å². The maximum Gasteiger partial charge on any atom is 0.416 e. The van der Waals surface area contributed by atoms with Crippen molar-refractivity contribution in [3.63, 3.8) is 0 Å². The van der Waals surface area contributed by atoms with Crippen LogP contribution >= 0.6 is 35.7 Å². The fourth-order valence-corrected chi connectivity index (χ4v) is 1.85. The second kappa shape index (κ2) is 10.8. The monoisotopic (exact) mass is 485 g/mol. The minimum atomic E-state index is -4.36. The molecule has 8 heteroatoms. The van der Waals surface area contributed by atoms with Gasteiger partial charge in [-0.25, -0.2) is 0 Å². The molecule has 0 spiro atoms. The number of nitrogens with one attached hydrogen (secondary N) is 2. The summed E-state index contributed by atoms with van der Waals surface area (Å²) in [5.41, 5.74) is -0.364. The predicted octanol–water partition coefficient (Wildman–Crippen LogP) is 3.98. The van der Waals surface area contributed by atoms with Crippen molar-refractivity contribution in [1.29, 1.82) is 0 Å². The Morgan fingerprint density at radius 1 is 1.24 bits per heavy atom. The quantitative estimate of drug-likeness (QED) is 0.293. The molecule has 3 nitrogen and oxygen atoms in total. The molecule has 2 N–H and O–H groups in total. The van der Waals surface area contributed by atoms with Gasteiger partial charge >= 0.3 is 6.18 Å². The number of alkyl halides is 3. The molecule has 0 atom stereocenters. The number of nitrogens with zero attached hydrogens (tertiary/aromatic N) is 1. The molecule has 0 bridgehead atoms. The van der Waals surface area contributed by atoms with Crippen LogP contribution in [0.5, 0.6) is 0 Å². The van der Waals surface area contributed by atoms with Crippen molar-refractivity contribution in [3.05, 3.63) is 35.4 Å². The van der Waals surface area contributed by atoms with Crippen molar-refractivity contribution < 1.29 is 13.2 Å². The second-order valence-electron chi connectivity index (χ2n) is 5.62. The van der Waals surface area contributed by atoms with Crippen LogP contribution in [0.15, 0.2) is 29.3 Å². The van der Waals surface area contributed by atoms with E-state index in [1.807, 2.05) is 6.26 Å². The van der Waals surface area contributed by atoms with Crippen molar-refractivity contribution in [2.24, 2.45) is 4.99 Å². The molecule has 1 rings (SSSR count). The zero-order valence-corrected chi connectivity index (χ0v) is 17.8. The fourth-order valence-electron chi connectivity index (χ4n) is 1.64. The van der Waals surface area contributed by atoms with Crippen LogP contribution in [0.2, 0.25) is 0 Å². The normalized spacial score (nSPS) is 11.9. The van der Waals surface area contributed by atoms with E-state index in [2.05, 4.69) is 41.3 Å². The molecule has 140 valence electrons. The summed E-state index contributed by atoms with van der Waals surface area (Å²) >= 11 is 1.74. The topological polar surface area (TPSA) is 36.4 Å². The van der Waals surface area contributed by atoms with Crippen molar-refractivity contribution >= 4 is 41.7 Å². The van der Waals surface area contributed by atoms with Crippen LogP contribution in [0, 0.1) is 11.8 Å². The van der Waals surface area contributed by atoms with Gasteiger partial charge in [-0.05, 0) is 38.3 Å². The van der Waals surface area contributed by atoms with Gasteiger partial charge in [0.05, 0.1) is 12.1 Å². The van der Waals surface area contributed by atoms with E-state index in [4.69, 9.17) is 0 Å². The highest BCUT2D eigenvalue weighted by atomic mass is 127. The van der Waals surface area contributed by atoms with Crippen molar-refractivity contribution in [2.75, 3.05) is 26.4 Å². The van der Waals surface area contributed by atoms with Gasteiger partial charge < -0.3 is 10.6 Å². The molecule has 0 unspecified atom stereocenters. The molecule has 0 aliphatic heterocycles. The first-order chi connectivity index (χ1) is 11.2. The lowest BCUT2D eigenvalue weighted by Gasteiger charge is -2.23. The average Bonchev–Trinajstić information content (AvgIpc) is 2.53. The maximum absolute atomic E-state index is 12.6. The smallest absolute Gasteiger partial charge is 0.355 e. The van der Waals surface area contributed by atoms with Crippen molar-refractivity contribution in [1.82, 2.24) is 10.6 Å². The Balaban J connectivity index is 0.00000576. The lowest BCUT2D eigenvalue weighted by molar-refractivity contribution is -0.137. The van der Waals surface area contributed by atoms with Crippen LogP contribution in [0.25, 0.3) is 0 Å². The molecular formula is C17H23F3IN3S. The molecule has 0 amide bonds. The van der Waals surface area contributed by atoms with E-state index < -0.39 is 11.7 Å². The fraction of sp³-hybridized carbons (Fsp3) is 0.471. The summed E-state index contributed by atoms with van der Waals surface area (Å²) in [5.74, 6) is 6.13. The zero-order valence-electron chi connectivity index (χ0n) is 14.6. The number of rotatable bonds is 4. The maximum atomic E-state index is 12.6. The van der Waals surface area contributed by atoms with E-state index in [1.54, 1.807) is 24.9 Å². The number of aliphatic imine (C=N–C) groups is 1. The Bertz CT molecular complexity index is 634. The van der Waals surface area contributed by atoms with Gasteiger partial charge in [0.15, 0.2) is 5.96 Å². The summed E-state index contributed by atoms with van der Waals surface area (Å²) in [5, 5.41) is 6.20. The minimum absolute atomic E-state index is 0. The number of thioether (sulfide) groups is 1. The van der Waals surface area contributed by atoms with E-state index in [9.17, 15) is 13.2 Å². The predicted molar refractivity (Wildman–Crippen MR) is 111 cm³/mol. The molecule has 25 heavy (non-hydrogen) atoms. The molecule has 0 aliphatic rings. The number of benzene rings is 1. The zero-order chi connectivity index (χ0) is 18.2. The Morgan fingerprint density at radius 2 is 1.92 bits per heavy atom. The van der Waals surface area contributed by atoms with Crippen LogP contribution in [-0.4, -0.2) is 37.1 Å². The molecule has 1 aromatic carbocycles. The number of halogens is 4. The van der Waals surface area contributed by atoms with Crippen LogP contribution in [0.1, 0.15) is 25.0 Å². The minimum Gasteiger partial charge on any atom is -0.355 e. The molecule has 0 saturated heterocycles. The Labute approximate surface area is 168 Å². The standard InChI is InChI=1S/C17H22F3N3S.HI/c1-16(2,24-4)12-23-15(21-3)22-10-6-8-13-7-5-9-14(11-13)17(18,19)20;/h5,7,9,11H,10,12H2,1-4H3,(H2,21,22,23);1H. The number of hydrogen-bond acceptors (Lipinski definition) is 2. The third kappa shape index (κ3) is 9.26. The highest BCUT2D eigenvalue weighted by Gasteiger charge is 2.30. The van der Waals surface area contributed by atoms with Crippen LogP contribution in [0.4, 0.5) is 13.2 Å². The number of hydrogen-bond donors (Lipinski definition) is 2. The Kier molecular flexibility index (Phi) is 10.3. The third-order valence-corrected chi connectivity index (χ3v) is 4.47. The van der Waals surface area contributed by atoms with Gasteiger partial charge in [0.2, 0.25) is 0 Å². The SMILES string of the molecule is CN=C(NCC#Cc1cccc(C(F)(F)F)c1)NCC(C)(C)SC.I. The summed E-state index contributed by atoms with van der Waals surface area (Å²) in [6.45, 7) is 5.25. The Hall–Kier alpha value is -1.08. The first-order valence-electron chi connectivity index (χ1n) is 7.34. The van der Waals surface area contributed by atoms with Crippen LogP contribution in [-0.2, 0) is 6.18 Å². The lowest BCUT2D eigenvalue weighted by atomic mass is 10.1. The van der Waals surface area contributed by atoms with E-state index in [-0.39, 0.29) is 35.3 Å². The summed E-state index contributed by atoms with van der Waals surface area (Å²) < 4.78 is 38.0. The van der Waals surface area contributed by atoms with E-state index in [0.29, 0.717) is 11.5 Å². The summed E-state index contributed by atoms with van der Waals surface area (Å²) in [7, 11) is 1.65. The van der Waals surface area contributed by atoms with Gasteiger partial charge in [-0.15, -0.1) is 24.0 Å². The lowest BCUT2D eigenvalue weighted by Crippen LogP contribution is -2.43. The summed E-state index contributed by atoms with van der Waals surface area (Å²) in [6.07, 6.45) is -2.32. The molecule has 0 heterocycles. The molecule has 0 radical (unpaired) electrons. The molecule has 0 fully saturated rings. The Morgan fingerprint density at radius 3 is 2.48 bits per heavy atom. The number of guanidine groups is 1. The van der Waals surface area contributed by atoms with Gasteiger partial charge in [0, 0.05) is 23.9 Å². The van der Waals surface area contributed by atoms with Crippen LogP contribution < -0.4 is 10.6 Å². The first kappa shape index (κ1) is 23.9. The first-order valence-corrected chi connectivity index (χ1v) is 8.56. The summed E-state index contributed by atoms with van der Waals surface area (Å²) in [6, 6.07) is 4.98.